The lowest BCUT2D eigenvalue weighted by atomic mass is 10.1. The highest BCUT2D eigenvalue weighted by Crippen LogP contribution is 2.39. The van der Waals surface area contributed by atoms with E-state index < -0.39 is 0 Å². The second-order valence-electron chi connectivity index (χ2n) is 5.34. The van der Waals surface area contributed by atoms with Gasteiger partial charge in [-0.1, -0.05) is 23.7 Å². The van der Waals surface area contributed by atoms with Crippen LogP contribution in [0.2, 0.25) is 5.02 Å². The second-order valence-corrected chi connectivity index (χ2v) is 6.86. The number of halogens is 1. The molecular weight excluding hydrogens is 340 g/mol. The highest BCUT2D eigenvalue weighted by atomic mass is 35.5. The first-order valence-electron chi connectivity index (χ1n) is 7.36. The number of nitrogens with zero attached hydrogens (tertiary/aromatic N) is 1. The number of nitrogen functional groups attached to an aromatic ring is 1. The van der Waals surface area contributed by atoms with Gasteiger partial charge >= 0.3 is 0 Å². The molecule has 0 fully saturated rings. The van der Waals surface area contributed by atoms with Gasteiger partial charge in [0.2, 0.25) is 0 Å². The summed E-state index contributed by atoms with van der Waals surface area (Å²) in [5.41, 5.74) is 7.73. The number of hydrogen-bond donors (Lipinski definition) is 1. The maximum absolute atomic E-state index is 5.98. The van der Waals surface area contributed by atoms with E-state index in [1.54, 1.807) is 29.7 Å². The van der Waals surface area contributed by atoms with E-state index in [2.05, 4.69) is 11.1 Å². The molecule has 0 aliphatic carbocycles. The lowest BCUT2D eigenvalue weighted by molar-refractivity contribution is 0.486. The summed E-state index contributed by atoms with van der Waals surface area (Å²) in [6.07, 6.45) is 3.58. The number of pyridine rings is 1. The molecule has 0 aliphatic rings. The van der Waals surface area contributed by atoms with Crippen LogP contribution >= 0.6 is 22.9 Å². The molecule has 3 nitrogen and oxygen atoms in total. The molecule has 0 unspecified atom stereocenters. The molecule has 0 aliphatic heterocycles. The number of ether oxygens (including phenoxy) is 1. The summed E-state index contributed by atoms with van der Waals surface area (Å²) in [6.45, 7) is 0. The van der Waals surface area contributed by atoms with Crippen molar-refractivity contribution < 1.29 is 4.74 Å². The van der Waals surface area contributed by atoms with E-state index in [4.69, 9.17) is 22.1 Å². The fraction of sp³-hybridized carbons (Fsp3) is 0. The van der Waals surface area contributed by atoms with E-state index in [9.17, 15) is 0 Å². The van der Waals surface area contributed by atoms with Crippen molar-refractivity contribution in [2.24, 2.45) is 0 Å². The second kappa shape index (κ2) is 6.15. The molecule has 2 N–H and O–H groups in total. The molecule has 5 heteroatoms. The van der Waals surface area contributed by atoms with Crippen molar-refractivity contribution in [3.8, 4) is 21.9 Å². The van der Waals surface area contributed by atoms with Crippen molar-refractivity contribution >= 4 is 38.7 Å². The average molecular weight is 353 g/mol. The van der Waals surface area contributed by atoms with E-state index in [1.165, 1.54) is 0 Å². The number of thiophene rings is 1. The normalized spacial score (nSPS) is 10.9. The summed E-state index contributed by atoms with van der Waals surface area (Å²) in [4.78, 5) is 5.42. The number of aromatic nitrogens is 1. The summed E-state index contributed by atoms with van der Waals surface area (Å²) in [7, 11) is 0. The van der Waals surface area contributed by atoms with Crippen LogP contribution in [-0.2, 0) is 0 Å². The van der Waals surface area contributed by atoms with Crippen LogP contribution in [0.1, 0.15) is 0 Å². The van der Waals surface area contributed by atoms with Crippen LogP contribution in [0.15, 0.2) is 67.0 Å². The number of anilines is 1. The van der Waals surface area contributed by atoms with Crippen LogP contribution in [-0.4, -0.2) is 4.98 Å². The standard InChI is InChI=1S/C19H13ClN2OS/c20-13-4-6-15(7-5-13)23-17-10-22-11-19-16(17)9-18(24-19)12-2-1-3-14(21)8-12/h1-11H,21H2. The number of benzene rings is 2. The molecule has 0 spiro atoms. The van der Waals surface area contributed by atoms with Gasteiger partial charge in [0.25, 0.3) is 0 Å². The van der Waals surface area contributed by atoms with E-state index >= 15 is 0 Å². The zero-order chi connectivity index (χ0) is 16.5. The third-order valence-electron chi connectivity index (χ3n) is 3.62. The molecule has 4 rings (SSSR count). The summed E-state index contributed by atoms with van der Waals surface area (Å²) < 4.78 is 7.05. The zero-order valence-corrected chi connectivity index (χ0v) is 14.1. The van der Waals surface area contributed by atoms with Crippen molar-refractivity contribution in [2.45, 2.75) is 0 Å². The number of fused-ring (bicyclic) bond motifs is 1. The molecule has 0 atom stereocenters. The van der Waals surface area contributed by atoms with Gasteiger partial charge in [-0.15, -0.1) is 11.3 Å². The summed E-state index contributed by atoms with van der Waals surface area (Å²) in [5.74, 6) is 1.45. The molecule has 0 saturated heterocycles. The minimum atomic E-state index is 0.679. The molecule has 2 aromatic heterocycles. The Hall–Kier alpha value is -2.56. The Bertz CT molecular complexity index is 1010. The van der Waals surface area contributed by atoms with Crippen LogP contribution in [0.3, 0.4) is 0 Å². The Labute approximate surface area is 148 Å². The first-order chi connectivity index (χ1) is 11.7. The topological polar surface area (TPSA) is 48.1 Å². The van der Waals surface area contributed by atoms with Crippen LogP contribution in [0.25, 0.3) is 20.5 Å². The lowest BCUT2D eigenvalue weighted by Gasteiger charge is -2.06. The number of nitrogens with two attached hydrogens (primary N) is 1. The number of rotatable bonds is 3. The Morgan fingerprint density at radius 2 is 1.83 bits per heavy atom. The largest absolute Gasteiger partial charge is 0.455 e. The van der Waals surface area contributed by atoms with Crippen LogP contribution in [0.5, 0.6) is 11.5 Å². The van der Waals surface area contributed by atoms with Gasteiger partial charge in [-0.25, -0.2) is 0 Å². The van der Waals surface area contributed by atoms with Crippen molar-refractivity contribution in [2.75, 3.05) is 5.73 Å². The Morgan fingerprint density at radius 1 is 1.00 bits per heavy atom. The monoisotopic (exact) mass is 352 g/mol. The molecular formula is C19H13ClN2OS. The molecule has 0 radical (unpaired) electrons. The maximum Gasteiger partial charge on any atom is 0.154 e. The van der Waals surface area contributed by atoms with Crippen LogP contribution in [0, 0.1) is 0 Å². The van der Waals surface area contributed by atoms with Gasteiger partial charge in [-0.3, -0.25) is 4.98 Å². The van der Waals surface area contributed by atoms with Gasteiger partial charge in [0, 0.05) is 27.2 Å². The molecule has 0 amide bonds. The highest BCUT2D eigenvalue weighted by molar-refractivity contribution is 7.22. The molecule has 0 saturated carbocycles. The van der Waals surface area contributed by atoms with Crippen molar-refractivity contribution in [1.82, 2.24) is 4.98 Å². The highest BCUT2D eigenvalue weighted by Gasteiger charge is 2.10. The molecule has 2 heterocycles. The minimum Gasteiger partial charge on any atom is -0.455 e. The van der Waals surface area contributed by atoms with Gasteiger partial charge in [-0.05, 0) is 48.0 Å². The van der Waals surface area contributed by atoms with E-state index in [-0.39, 0.29) is 0 Å². The van der Waals surface area contributed by atoms with Crippen molar-refractivity contribution in [3.63, 3.8) is 0 Å². The lowest BCUT2D eigenvalue weighted by Crippen LogP contribution is -1.85. The third kappa shape index (κ3) is 2.94. The fourth-order valence-corrected chi connectivity index (χ4v) is 3.65. The minimum absolute atomic E-state index is 0.679. The maximum atomic E-state index is 5.98. The van der Waals surface area contributed by atoms with Crippen molar-refractivity contribution in [1.29, 1.82) is 0 Å². The first kappa shape index (κ1) is 15.0. The number of hydrogen-bond acceptors (Lipinski definition) is 4. The van der Waals surface area contributed by atoms with Gasteiger partial charge < -0.3 is 10.5 Å². The quantitative estimate of drug-likeness (QED) is 0.460. The van der Waals surface area contributed by atoms with Gasteiger partial charge in [0.15, 0.2) is 5.75 Å². The van der Waals surface area contributed by atoms with Crippen LogP contribution in [0.4, 0.5) is 5.69 Å². The summed E-state index contributed by atoms with van der Waals surface area (Å²) in [6, 6.07) is 17.3. The van der Waals surface area contributed by atoms with Crippen molar-refractivity contribution in [3.05, 3.63) is 72.0 Å². The first-order valence-corrected chi connectivity index (χ1v) is 8.55. The summed E-state index contributed by atoms with van der Waals surface area (Å²) >= 11 is 7.58. The smallest absolute Gasteiger partial charge is 0.154 e. The van der Waals surface area contributed by atoms with Gasteiger partial charge in [0.1, 0.15) is 5.75 Å². The Kier molecular flexibility index (Phi) is 3.84. The molecule has 118 valence electrons. The Morgan fingerprint density at radius 3 is 2.62 bits per heavy atom. The van der Waals surface area contributed by atoms with Gasteiger partial charge in [-0.2, -0.15) is 0 Å². The fourth-order valence-electron chi connectivity index (χ4n) is 2.48. The molecule has 24 heavy (non-hydrogen) atoms. The average Bonchev–Trinajstić information content (AvgIpc) is 3.02. The predicted molar refractivity (Wildman–Crippen MR) is 101 cm³/mol. The molecule has 0 bridgehead atoms. The molecule has 4 aromatic rings. The zero-order valence-electron chi connectivity index (χ0n) is 12.6. The Balaban J connectivity index is 1.76. The SMILES string of the molecule is Nc1cccc(-c2cc3c(Oc4ccc(Cl)cc4)cncc3s2)c1. The van der Waals surface area contributed by atoms with Crippen LogP contribution < -0.4 is 10.5 Å². The van der Waals surface area contributed by atoms with Gasteiger partial charge in [0.05, 0.1) is 10.9 Å². The molecule has 2 aromatic carbocycles. The van der Waals surface area contributed by atoms with E-state index in [0.29, 0.717) is 5.02 Å². The van der Waals surface area contributed by atoms with E-state index in [1.807, 2.05) is 42.6 Å². The van der Waals surface area contributed by atoms with E-state index in [0.717, 1.165) is 37.7 Å². The predicted octanol–water partition coefficient (Wildman–Crippen LogP) is 5.99. The third-order valence-corrected chi connectivity index (χ3v) is 4.99. The summed E-state index contributed by atoms with van der Waals surface area (Å²) in [5, 5.41) is 1.71.